The summed E-state index contributed by atoms with van der Waals surface area (Å²) in [5.41, 5.74) is 2.10. The number of hydrogen-bond donors (Lipinski definition) is 2. The summed E-state index contributed by atoms with van der Waals surface area (Å²) < 4.78 is 10.4. The lowest BCUT2D eigenvalue weighted by molar-refractivity contribution is -0.119. The molecule has 2 N–H and O–H groups in total. The lowest BCUT2D eigenvalue weighted by Gasteiger charge is -2.05. The molecule has 0 aliphatic heterocycles. The highest BCUT2D eigenvalue weighted by Crippen LogP contribution is 2.30. The highest BCUT2D eigenvalue weighted by molar-refractivity contribution is 6.30. The number of aromatic nitrogens is 2. The molecule has 148 valence electrons. The SMILES string of the molecule is N#Cc1oc2ccccc2c1NC(=O)COC(=O)c1cc(-c2ccc(Cl)cc2)n[nH]1. The van der Waals surface area contributed by atoms with Crippen molar-refractivity contribution in [2.24, 2.45) is 0 Å². The van der Waals surface area contributed by atoms with Crippen LogP contribution in [0.15, 0.2) is 59.0 Å². The van der Waals surface area contributed by atoms with Crippen molar-refractivity contribution >= 4 is 40.1 Å². The van der Waals surface area contributed by atoms with Crippen LogP contribution in [0.5, 0.6) is 0 Å². The quantitative estimate of drug-likeness (QED) is 0.468. The summed E-state index contributed by atoms with van der Waals surface area (Å²) in [7, 11) is 0. The first-order valence-corrected chi connectivity index (χ1v) is 9.13. The van der Waals surface area contributed by atoms with Gasteiger partial charge in [0.05, 0.1) is 5.69 Å². The van der Waals surface area contributed by atoms with Crippen LogP contribution in [0, 0.1) is 11.3 Å². The number of furan rings is 1. The van der Waals surface area contributed by atoms with Gasteiger partial charge in [-0.3, -0.25) is 9.89 Å². The van der Waals surface area contributed by atoms with E-state index in [4.69, 9.17) is 20.8 Å². The molecular weight excluding hydrogens is 408 g/mol. The highest BCUT2D eigenvalue weighted by Gasteiger charge is 2.18. The van der Waals surface area contributed by atoms with Crippen molar-refractivity contribution in [3.05, 3.63) is 71.1 Å². The van der Waals surface area contributed by atoms with Gasteiger partial charge in [-0.2, -0.15) is 10.4 Å². The summed E-state index contributed by atoms with van der Waals surface area (Å²) in [6.45, 7) is -0.543. The topological polar surface area (TPSA) is 121 Å². The lowest BCUT2D eigenvalue weighted by atomic mass is 10.1. The third-order valence-corrected chi connectivity index (χ3v) is 4.49. The fraction of sp³-hybridized carbons (Fsp3) is 0.0476. The molecule has 0 fully saturated rings. The Labute approximate surface area is 175 Å². The van der Waals surface area contributed by atoms with Crippen LogP contribution in [-0.2, 0) is 9.53 Å². The van der Waals surface area contributed by atoms with Gasteiger partial charge in [-0.15, -0.1) is 0 Å². The van der Waals surface area contributed by atoms with Crippen molar-refractivity contribution in [2.45, 2.75) is 0 Å². The zero-order chi connectivity index (χ0) is 21.1. The van der Waals surface area contributed by atoms with E-state index >= 15 is 0 Å². The fourth-order valence-electron chi connectivity index (χ4n) is 2.83. The molecule has 0 atom stereocenters. The molecule has 8 nitrogen and oxygen atoms in total. The average molecular weight is 421 g/mol. The minimum absolute atomic E-state index is 0.0305. The predicted molar refractivity (Wildman–Crippen MR) is 109 cm³/mol. The average Bonchev–Trinajstić information content (AvgIpc) is 3.38. The van der Waals surface area contributed by atoms with Crippen molar-refractivity contribution < 1.29 is 18.7 Å². The molecule has 2 aromatic carbocycles. The van der Waals surface area contributed by atoms with Crippen LogP contribution in [0.2, 0.25) is 5.02 Å². The van der Waals surface area contributed by atoms with Gasteiger partial charge in [-0.05, 0) is 30.3 Å². The second-order valence-electron chi connectivity index (χ2n) is 6.21. The van der Waals surface area contributed by atoms with E-state index in [1.165, 1.54) is 6.07 Å². The van der Waals surface area contributed by atoms with E-state index in [0.717, 1.165) is 5.56 Å². The summed E-state index contributed by atoms with van der Waals surface area (Å²) in [6.07, 6.45) is 0. The van der Waals surface area contributed by atoms with Crippen LogP contribution in [0.1, 0.15) is 16.2 Å². The molecular formula is C21H13ClN4O4. The maximum absolute atomic E-state index is 12.2. The number of nitrogens with one attached hydrogen (secondary N) is 2. The summed E-state index contributed by atoms with van der Waals surface area (Å²) in [5, 5.41) is 19.6. The fourth-order valence-corrected chi connectivity index (χ4v) is 2.95. The molecule has 0 aliphatic carbocycles. The Morgan fingerprint density at radius 2 is 1.97 bits per heavy atom. The minimum Gasteiger partial charge on any atom is -0.451 e. The molecule has 0 spiro atoms. The molecule has 2 aromatic heterocycles. The van der Waals surface area contributed by atoms with Gasteiger partial charge in [0.25, 0.3) is 5.91 Å². The van der Waals surface area contributed by atoms with Gasteiger partial charge in [-0.1, -0.05) is 35.9 Å². The van der Waals surface area contributed by atoms with Gasteiger partial charge >= 0.3 is 5.97 Å². The molecule has 1 amide bonds. The van der Waals surface area contributed by atoms with E-state index in [0.29, 0.717) is 21.7 Å². The summed E-state index contributed by atoms with van der Waals surface area (Å²) in [4.78, 5) is 24.5. The van der Waals surface area contributed by atoms with Gasteiger partial charge in [-0.25, -0.2) is 4.79 Å². The number of anilines is 1. The number of rotatable bonds is 5. The zero-order valence-electron chi connectivity index (χ0n) is 15.3. The number of para-hydroxylation sites is 1. The van der Waals surface area contributed by atoms with Crippen LogP contribution in [0.3, 0.4) is 0 Å². The number of ether oxygens (including phenoxy) is 1. The summed E-state index contributed by atoms with van der Waals surface area (Å²) in [6, 6.07) is 17.3. The molecule has 4 rings (SSSR count). The molecule has 4 aromatic rings. The van der Waals surface area contributed by atoms with Gasteiger partial charge < -0.3 is 14.5 Å². The Balaban J connectivity index is 1.41. The van der Waals surface area contributed by atoms with Crippen LogP contribution in [0.4, 0.5) is 5.69 Å². The molecule has 2 heterocycles. The monoisotopic (exact) mass is 420 g/mol. The minimum atomic E-state index is -0.740. The number of amides is 1. The Morgan fingerprint density at radius 1 is 1.20 bits per heavy atom. The Kier molecular flexibility index (Phi) is 5.20. The lowest BCUT2D eigenvalue weighted by Crippen LogP contribution is -2.21. The van der Waals surface area contributed by atoms with Crippen molar-refractivity contribution in [1.29, 1.82) is 5.26 Å². The van der Waals surface area contributed by atoms with Gasteiger partial charge in [0.2, 0.25) is 5.76 Å². The molecule has 0 bridgehead atoms. The van der Waals surface area contributed by atoms with Crippen molar-refractivity contribution in [3.8, 4) is 17.3 Å². The first-order valence-electron chi connectivity index (χ1n) is 8.75. The molecule has 0 unspecified atom stereocenters. The van der Waals surface area contributed by atoms with Gasteiger partial charge in [0.15, 0.2) is 6.61 Å². The zero-order valence-corrected chi connectivity index (χ0v) is 16.1. The Bertz CT molecular complexity index is 1280. The number of aromatic amines is 1. The number of esters is 1. The number of nitriles is 1. The number of nitrogens with zero attached hydrogens (tertiary/aromatic N) is 2. The van der Waals surface area contributed by atoms with Gasteiger partial charge in [0.1, 0.15) is 23.0 Å². The first-order chi connectivity index (χ1) is 14.5. The summed E-state index contributed by atoms with van der Waals surface area (Å²) in [5.74, 6) is -1.38. The van der Waals surface area contributed by atoms with Gasteiger partial charge in [0, 0.05) is 16.0 Å². The largest absolute Gasteiger partial charge is 0.451 e. The van der Waals surface area contributed by atoms with E-state index in [1.807, 2.05) is 6.07 Å². The number of benzene rings is 2. The van der Waals surface area contributed by atoms with E-state index in [2.05, 4.69) is 15.5 Å². The van der Waals surface area contributed by atoms with E-state index in [-0.39, 0.29) is 17.1 Å². The van der Waals surface area contributed by atoms with Crippen molar-refractivity contribution in [1.82, 2.24) is 10.2 Å². The van der Waals surface area contributed by atoms with Crippen LogP contribution >= 0.6 is 11.6 Å². The first kappa shape index (κ1) is 19.2. The van der Waals surface area contributed by atoms with Crippen molar-refractivity contribution in [2.75, 3.05) is 11.9 Å². The second kappa shape index (κ2) is 8.11. The maximum Gasteiger partial charge on any atom is 0.356 e. The summed E-state index contributed by atoms with van der Waals surface area (Å²) >= 11 is 5.86. The smallest absolute Gasteiger partial charge is 0.356 e. The number of fused-ring (bicyclic) bond motifs is 1. The molecule has 0 saturated heterocycles. The van der Waals surface area contributed by atoms with Crippen LogP contribution in [0.25, 0.3) is 22.2 Å². The molecule has 0 saturated carbocycles. The third kappa shape index (κ3) is 3.87. The standard InChI is InChI=1S/C21H13ClN4O4/c22-13-7-5-12(6-8-13)15-9-16(26-25-15)21(28)29-11-19(27)24-20-14-3-1-2-4-17(14)30-18(20)10-23/h1-9H,11H2,(H,24,27)(H,25,26). The number of carbonyl (C=O) groups excluding carboxylic acids is 2. The highest BCUT2D eigenvalue weighted by atomic mass is 35.5. The van der Waals surface area contributed by atoms with E-state index in [9.17, 15) is 14.9 Å². The number of hydrogen-bond acceptors (Lipinski definition) is 6. The Hall–Kier alpha value is -4.09. The molecule has 0 aliphatic rings. The maximum atomic E-state index is 12.2. The van der Waals surface area contributed by atoms with Crippen LogP contribution < -0.4 is 5.32 Å². The normalized spacial score (nSPS) is 10.5. The third-order valence-electron chi connectivity index (χ3n) is 4.23. The number of halogens is 1. The number of carbonyl (C=O) groups is 2. The van der Waals surface area contributed by atoms with E-state index < -0.39 is 18.5 Å². The molecule has 0 radical (unpaired) electrons. The predicted octanol–water partition coefficient (Wildman–Crippen LogP) is 4.14. The molecule has 30 heavy (non-hydrogen) atoms. The Morgan fingerprint density at radius 3 is 2.73 bits per heavy atom. The van der Waals surface area contributed by atoms with E-state index in [1.54, 1.807) is 48.5 Å². The molecule has 9 heteroatoms. The van der Waals surface area contributed by atoms with Crippen LogP contribution in [-0.4, -0.2) is 28.7 Å². The second-order valence-corrected chi connectivity index (χ2v) is 6.65. The van der Waals surface area contributed by atoms with Crippen molar-refractivity contribution in [3.63, 3.8) is 0 Å². The number of H-pyrrole nitrogens is 1.